The van der Waals surface area contributed by atoms with Crippen molar-refractivity contribution in [1.29, 1.82) is 0 Å². The SMILES string of the molecule is O=C([O-])CCC(=O)O.O=C([O-])CCC(=O)O.[Mg+2]. The molecule has 0 aromatic heterocycles. The third kappa shape index (κ3) is 31.3. The fourth-order valence-corrected chi connectivity index (χ4v) is 0.418. The van der Waals surface area contributed by atoms with Crippen LogP contribution in [0.3, 0.4) is 0 Å². The number of carbonyl (C=O) groups is 4. The normalized spacial score (nSPS) is 8.00. The Balaban J connectivity index is -0.000000218. The van der Waals surface area contributed by atoms with Crippen molar-refractivity contribution >= 4 is 46.9 Å². The van der Waals surface area contributed by atoms with E-state index in [1.807, 2.05) is 0 Å². The van der Waals surface area contributed by atoms with Crippen LogP contribution in [0.25, 0.3) is 0 Å². The molecule has 92 valence electrons. The van der Waals surface area contributed by atoms with Crippen LogP contribution in [0.5, 0.6) is 0 Å². The molecule has 0 aliphatic heterocycles. The van der Waals surface area contributed by atoms with Crippen molar-refractivity contribution < 1.29 is 39.6 Å². The van der Waals surface area contributed by atoms with Crippen LogP contribution in [0.2, 0.25) is 0 Å². The Kier molecular flexibility index (Phi) is 15.7. The average Bonchev–Trinajstić information content (AvgIpc) is 2.12. The molecule has 0 aromatic carbocycles. The van der Waals surface area contributed by atoms with E-state index < -0.39 is 36.7 Å². The molecule has 0 amide bonds. The minimum atomic E-state index is -1.33. The summed E-state index contributed by atoms with van der Waals surface area (Å²) in [4.78, 5) is 38.3. The maximum atomic E-state index is 9.61. The van der Waals surface area contributed by atoms with E-state index in [2.05, 4.69) is 0 Å². The molecule has 0 fully saturated rings. The van der Waals surface area contributed by atoms with Crippen LogP contribution in [-0.2, 0) is 19.2 Å². The van der Waals surface area contributed by atoms with Gasteiger partial charge in [0, 0.05) is 11.9 Å². The molecule has 0 saturated heterocycles. The number of carboxylic acids is 4. The molecule has 8 nitrogen and oxygen atoms in total. The summed E-state index contributed by atoms with van der Waals surface area (Å²) in [6.07, 6.45) is -1.53. The standard InChI is InChI=1S/2C4H6O4.Mg/c2*5-3(6)1-2-4(7)8;/h2*1-2H2,(H,5,6)(H,7,8);/q;;+2/p-2. The molecule has 0 bridgehead atoms. The minimum Gasteiger partial charge on any atom is -0.550 e. The first-order valence-electron chi connectivity index (χ1n) is 4.09. The molecule has 2 N–H and O–H groups in total. The largest absolute Gasteiger partial charge is 2.00 e. The predicted molar refractivity (Wildman–Crippen MR) is 49.5 cm³/mol. The summed E-state index contributed by atoms with van der Waals surface area (Å²) >= 11 is 0. The van der Waals surface area contributed by atoms with Gasteiger partial charge in [-0.15, -0.1) is 0 Å². The van der Waals surface area contributed by atoms with Gasteiger partial charge in [0.15, 0.2) is 0 Å². The third-order valence-corrected chi connectivity index (χ3v) is 1.09. The molecule has 0 aliphatic carbocycles. The summed E-state index contributed by atoms with van der Waals surface area (Å²) in [5, 5.41) is 34.8. The zero-order chi connectivity index (χ0) is 13.1. The van der Waals surface area contributed by atoms with E-state index in [-0.39, 0.29) is 35.9 Å². The van der Waals surface area contributed by atoms with Crippen LogP contribution < -0.4 is 10.2 Å². The van der Waals surface area contributed by atoms with E-state index in [1.54, 1.807) is 0 Å². The van der Waals surface area contributed by atoms with E-state index in [4.69, 9.17) is 10.2 Å². The van der Waals surface area contributed by atoms with Gasteiger partial charge < -0.3 is 30.0 Å². The first kappa shape index (κ1) is 21.0. The molecule has 0 rings (SSSR count). The fourth-order valence-electron chi connectivity index (χ4n) is 0.418. The number of carbonyl (C=O) groups excluding carboxylic acids is 2. The van der Waals surface area contributed by atoms with Crippen molar-refractivity contribution in [1.82, 2.24) is 0 Å². The number of aliphatic carboxylic acids is 4. The van der Waals surface area contributed by atoms with Gasteiger partial charge in [-0.3, -0.25) is 9.59 Å². The summed E-state index contributed by atoms with van der Waals surface area (Å²) < 4.78 is 0. The fraction of sp³-hybridized carbons (Fsp3) is 0.500. The summed E-state index contributed by atoms with van der Waals surface area (Å²) in [6, 6.07) is 0. The van der Waals surface area contributed by atoms with E-state index >= 15 is 0 Å². The van der Waals surface area contributed by atoms with Gasteiger partial charge in [0.1, 0.15) is 0 Å². The van der Waals surface area contributed by atoms with Crippen molar-refractivity contribution in [2.24, 2.45) is 0 Å². The molecule has 0 aromatic rings. The maximum absolute atomic E-state index is 9.61. The molecule has 0 atom stereocenters. The number of hydrogen-bond donors (Lipinski definition) is 2. The van der Waals surface area contributed by atoms with Gasteiger partial charge in [-0.2, -0.15) is 0 Å². The summed E-state index contributed by atoms with van der Waals surface area (Å²) in [7, 11) is 0. The first-order chi connectivity index (χ1) is 7.25. The van der Waals surface area contributed by atoms with Crippen LogP contribution in [0.15, 0.2) is 0 Å². The van der Waals surface area contributed by atoms with Crippen LogP contribution in [0.1, 0.15) is 25.7 Å². The second-order valence-electron chi connectivity index (χ2n) is 2.53. The Labute approximate surface area is 112 Å². The van der Waals surface area contributed by atoms with Crippen LogP contribution in [0.4, 0.5) is 0 Å². The van der Waals surface area contributed by atoms with Crippen LogP contribution >= 0.6 is 0 Å². The van der Waals surface area contributed by atoms with Crippen molar-refractivity contribution in [2.75, 3.05) is 0 Å². The van der Waals surface area contributed by atoms with E-state index in [0.717, 1.165) is 0 Å². The summed E-state index contributed by atoms with van der Waals surface area (Å²) in [5.74, 6) is -4.89. The molecule has 0 saturated carbocycles. The van der Waals surface area contributed by atoms with Crippen molar-refractivity contribution in [3.05, 3.63) is 0 Å². The van der Waals surface area contributed by atoms with Gasteiger partial charge >= 0.3 is 35.0 Å². The Morgan fingerprint density at radius 1 is 0.706 bits per heavy atom. The maximum Gasteiger partial charge on any atom is 2.00 e. The van der Waals surface area contributed by atoms with Gasteiger partial charge in [-0.05, 0) is 12.8 Å². The molecule has 0 spiro atoms. The van der Waals surface area contributed by atoms with Gasteiger partial charge in [-0.25, -0.2) is 0 Å². The second kappa shape index (κ2) is 12.7. The number of carboxylic acid groups (broad SMARTS) is 4. The molecule has 9 heteroatoms. The smallest absolute Gasteiger partial charge is 0.550 e. The zero-order valence-corrected chi connectivity index (χ0v) is 10.3. The zero-order valence-electron chi connectivity index (χ0n) is 8.88. The van der Waals surface area contributed by atoms with Gasteiger partial charge in [-0.1, -0.05) is 0 Å². The predicted octanol–water partition coefficient (Wildman–Crippen LogP) is -3.18. The molecule has 0 unspecified atom stereocenters. The summed E-state index contributed by atoms with van der Waals surface area (Å²) in [6.45, 7) is 0. The average molecular weight is 258 g/mol. The summed E-state index contributed by atoms with van der Waals surface area (Å²) in [5.41, 5.74) is 0. The molecular formula is C8H10MgO8. The molecular weight excluding hydrogens is 248 g/mol. The third-order valence-electron chi connectivity index (χ3n) is 1.09. The monoisotopic (exact) mass is 258 g/mol. The van der Waals surface area contributed by atoms with Gasteiger partial charge in [0.05, 0.1) is 12.8 Å². The Morgan fingerprint density at radius 2 is 0.941 bits per heavy atom. The second-order valence-corrected chi connectivity index (χ2v) is 2.53. The van der Waals surface area contributed by atoms with E-state index in [1.165, 1.54) is 0 Å². The van der Waals surface area contributed by atoms with E-state index in [9.17, 15) is 29.4 Å². The quantitative estimate of drug-likeness (QED) is 0.472. The topological polar surface area (TPSA) is 155 Å². The molecule has 0 aliphatic rings. The number of rotatable bonds is 6. The Morgan fingerprint density at radius 3 is 1.00 bits per heavy atom. The first-order valence-corrected chi connectivity index (χ1v) is 4.09. The van der Waals surface area contributed by atoms with Crippen LogP contribution in [-0.4, -0.2) is 57.1 Å². The van der Waals surface area contributed by atoms with Crippen LogP contribution in [0, 0.1) is 0 Å². The Bertz CT molecular complexity index is 219. The Hall–Kier alpha value is -1.35. The van der Waals surface area contributed by atoms with Crippen molar-refractivity contribution in [3.8, 4) is 0 Å². The molecule has 0 radical (unpaired) electrons. The van der Waals surface area contributed by atoms with Gasteiger partial charge in [0.25, 0.3) is 0 Å². The van der Waals surface area contributed by atoms with Crippen molar-refractivity contribution in [3.63, 3.8) is 0 Å². The van der Waals surface area contributed by atoms with E-state index in [0.29, 0.717) is 0 Å². The van der Waals surface area contributed by atoms with Gasteiger partial charge in [0.2, 0.25) is 0 Å². The molecule has 17 heavy (non-hydrogen) atoms. The van der Waals surface area contributed by atoms with Crippen molar-refractivity contribution in [2.45, 2.75) is 25.7 Å². The minimum absolute atomic E-state index is 0. The molecule has 0 heterocycles. The number of hydrogen-bond acceptors (Lipinski definition) is 6.